The molecular weight excluding hydrogens is 278 g/mol. The molecule has 112 valence electrons. The highest BCUT2D eigenvalue weighted by molar-refractivity contribution is 5.40. The van der Waals surface area contributed by atoms with Gasteiger partial charge in [-0.1, -0.05) is 12.1 Å². The molecule has 0 spiro atoms. The lowest BCUT2D eigenvalue weighted by atomic mass is 10.1. The largest absolute Gasteiger partial charge is 0.376 e. The first kappa shape index (κ1) is 15.1. The Morgan fingerprint density at radius 2 is 2.10 bits per heavy atom. The average Bonchev–Trinajstić information content (AvgIpc) is 2.43. The molecule has 0 aliphatic carbocycles. The van der Waals surface area contributed by atoms with Gasteiger partial charge in [0.25, 0.3) is 5.56 Å². The van der Waals surface area contributed by atoms with E-state index < -0.39 is 17.7 Å². The number of hydrogen-bond donors (Lipinski definition) is 1. The molecular formula is C14H16F2N4O. The van der Waals surface area contributed by atoms with Gasteiger partial charge in [0.05, 0.1) is 24.5 Å². The van der Waals surface area contributed by atoms with Crippen molar-refractivity contribution in [2.75, 3.05) is 19.0 Å². The van der Waals surface area contributed by atoms with Crippen molar-refractivity contribution >= 4 is 5.69 Å². The van der Waals surface area contributed by atoms with E-state index in [0.717, 1.165) is 10.7 Å². The van der Waals surface area contributed by atoms with E-state index in [9.17, 15) is 13.6 Å². The van der Waals surface area contributed by atoms with Crippen molar-refractivity contribution in [2.24, 2.45) is 5.73 Å². The molecule has 1 heterocycles. The molecule has 0 aliphatic heterocycles. The van der Waals surface area contributed by atoms with Gasteiger partial charge < -0.3 is 10.6 Å². The van der Waals surface area contributed by atoms with Crippen LogP contribution in [0.2, 0.25) is 0 Å². The van der Waals surface area contributed by atoms with E-state index >= 15 is 0 Å². The fourth-order valence-electron chi connectivity index (χ4n) is 1.90. The Hall–Kier alpha value is -2.28. The van der Waals surface area contributed by atoms with Crippen molar-refractivity contribution in [3.63, 3.8) is 0 Å². The number of rotatable bonds is 4. The highest BCUT2D eigenvalue weighted by atomic mass is 19.2. The second kappa shape index (κ2) is 6.01. The summed E-state index contributed by atoms with van der Waals surface area (Å²) >= 11 is 0. The van der Waals surface area contributed by atoms with Crippen LogP contribution >= 0.6 is 0 Å². The quantitative estimate of drug-likeness (QED) is 0.923. The van der Waals surface area contributed by atoms with Crippen LogP contribution in [0.3, 0.4) is 0 Å². The van der Waals surface area contributed by atoms with Gasteiger partial charge in [0, 0.05) is 25.7 Å². The third-order valence-corrected chi connectivity index (χ3v) is 3.12. The Bertz CT molecular complexity index is 700. The Kier molecular flexibility index (Phi) is 4.32. The monoisotopic (exact) mass is 294 g/mol. The first-order valence-corrected chi connectivity index (χ1v) is 6.34. The van der Waals surface area contributed by atoms with Crippen LogP contribution in [0.25, 0.3) is 0 Å². The predicted octanol–water partition coefficient (Wildman–Crippen LogP) is 1.29. The molecule has 0 radical (unpaired) electrons. The molecule has 1 unspecified atom stereocenters. The maximum Gasteiger partial charge on any atom is 0.268 e. The molecule has 2 aromatic rings. The Morgan fingerprint density at radius 3 is 2.71 bits per heavy atom. The maximum absolute atomic E-state index is 13.7. The van der Waals surface area contributed by atoms with Gasteiger partial charge in [-0.3, -0.25) is 4.79 Å². The minimum absolute atomic E-state index is 0.0142. The van der Waals surface area contributed by atoms with Crippen LogP contribution in [0, 0.1) is 11.6 Å². The van der Waals surface area contributed by atoms with Gasteiger partial charge in [0.1, 0.15) is 0 Å². The zero-order valence-corrected chi connectivity index (χ0v) is 11.8. The van der Waals surface area contributed by atoms with Crippen molar-refractivity contribution in [2.45, 2.75) is 12.6 Å². The first-order chi connectivity index (χ1) is 9.90. The molecule has 0 aliphatic rings. The Balaban J connectivity index is 2.26. The zero-order chi connectivity index (χ0) is 15.6. The number of halogens is 2. The smallest absolute Gasteiger partial charge is 0.268 e. The second-order valence-electron chi connectivity index (χ2n) is 4.88. The van der Waals surface area contributed by atoms with Crippen molar-refractivity contribution in [1.29, 1.82) is 0 Å². The number of hydrogen-bond acceptors (Lipinski definition) is 4. The van der Waals surface area contributed by atoms with Crippen LogP contribution in [0.1, 0.15) is 11.6 Å². The number of aromatic nitrogens is 2. The standard InChI is InChI=1S/C14H16F2N4O/c1-19(2)9-6-13(21)20(18-7-9)8-12(17)10-4-3-5-11(15)14(10)16/h3-7,12H,8,17H2,1-2H3. The van der Waals surface area contributed by atoms with E-state index in [0.29, 0.717) is 5.69 Å². The van der Waals surface area contributed by atoms with Gasteiger partial charge >= 0.3 is 0 Å². The van der Waals surface area contributed by atoms with Crippen LogP contribution in [0.5, 0.6) is 0 Å². The summed E-state index contributed by atoms with van der Waals surface area (Å²) in [6.07, 6.45) is 1.51. The molecule has 0 bridgehead atoms. The topological polar surface area (TPSA) is 64.2 Å². The van der Waals surface area contributed by atoms with Gasteiger partial charge in [-0.2, -0.15) is 5.10 Å². The van der Waals surface area contributed by atoms with Crippen molar-refractivity contribution in [3.8, 4) is 0 Å². The van der Waals surface area contributed by atoms with E-state index in [2.05, 4.69) is 5.10 Å². The highest BCUT2D eigenvalue weighted by Crippen LogP contribution is 2.18. The Morgan fingerprint density at radius 1 is 1.38 bits per heavy atom. The average molecular weight is 294 g/mol. The van der Waals surface area contributed by atoms with Crippen LogP contribution in [0.4, 0.5) is 14.5 Å². The number of benzene rings is 1. The second-order valence-corrected chi connectivity index (χ2v) is 4.88. The molecule has 5 nitrogen and oxygen atoms in total. The third kappa shape index (κ3) is 3.25. The van der Waals surface area contributed by atoms with Gasteiger partial charge in [-0.05, 0) is 6.07 Å². The molecule has 1 atom stereocenters. The normalized spacial score (nSPS) is 12.2. The summed E-state index contributed by atoms with van der Waals surface area (Å²) in [5, 5.41) is 3.98. The van der Waals surface area contributed by atoms with Crippen LogP contribution in [-0.4, -0.2) is 23.9 Å². The lowest BCUT2D eigenvalue weighted by molar-refractivity contribution is 0.456. The fraction of sp³-hybridized carbons (Fsp3) is 0.286. The van der Waals surface area contributed by atoms with Crippen LogP contribution in [-0.2, 0) is 6.54 Å². The molecule has 0 amide bonds. The van der Waals surface area contributed by atoms with E-state index in [4.69, 9.17) is 5.73 Å². The molecule has 1 aromatic carbocycles. The van der Waals surface area contributed by atoms with Gasteiger partial charge in [-0.25, -0.2) is 13.5 Å². The zero-order valence-electron chi connectivity index (χ0n) is 11.8. The van der Waals surface area contributed by atoms with Gasteiger partial charge in [0.2, 0.25) is 0 Å². The lowest BCUT2D eigenvalue weighted by Gasteiger charge is -2.16. The van der Waals surface area contributed by atoms with E-state index in [-0.39, 0.29) is 17.7 Å². The molecule has 2 N–H and O–H groups in total. The van der Waals surface area contributed by atoms with Crippen LogP contribution in [0.15, 0.2) is 35.3 Å². The summed E-state index contributed by atoms with van der Waals surface area (Å²) in [7, 11) is 3.57. The fourth-order valence-corrected chi connectivity index (χ4v) is 1.90. The van der Waals surface area contributed by atoms with Crippen LogP contribution < -0.4 is 16.2 Å². The molecule has 7 heteroatoms. The van der Waals surface area contributed by atoms with Crippen molar-refractivity contribution < 1.29 is 8.78 Å². The molecule has 0 fully saturated rings. The van der Waals surface area contributed by atoms with E-state index in [1.807, 2.05) is 0 Å². The Labute approximate surface area is 120 Å². The SMILES string of the molecule is CN(C)c1cnn(CC(N)c2cccc(F)c2F)c(=O)c1. The number of nitrogens with zero attached hydrogens (tertiary/aromatic N) is 3. The summed E-state index contributed by atoms with van der Waals surface area (Å²) in [5.41, 5.74) is 6.16. The lowest BCUT2D eigenvalue weighted by Crippen LogP contribution is -2.29. The minimum Gasteiger partial charge on any atom is -0.376 e. The van der Waals surface area contributed by atoms with Crippen molar-refractivity contribution in [1.82, 2.24) is 9.78 Å². The summed E-state index contributed by atoms with van der Waals surface area (Å²) in [4.78, 5) is 13.7. The summed E-state index contributed by atoms with van der Waals surface area (Å²) in [6.45, 7) is -0.0348. The number of nitrogens with two attached hydrogens (primary N) is 1. The third-order valence-electron chi connectivity index (χ3n) is 3.12. The first-order valence-electron chi connectivity index (χ1n) is 6.34. The maximum atomic E-state index is 13.7. The highest BCUT2D eigenvalue weighted by Gasteiger charge is 2.16. The summed E-state index contributed by atoms with van der Waals surface area (Å²) < 4.78 is 28.0. The minimum atomic E-state index is -0.997. The van der Waals surface area contributed by atoms with Gasteiger partial charge in [0.15, 0.2) is 11.6 Å². The number of anilines is 1. The summed E-state index contributed by atoms with van der Waals surface area (Å²) in [5.74, 6) is -1.96. The molecule has 1 aromatic heterocycles. The predicted molar refractivity (Wildman–Crippen MR) is 76.1 cm³/mol. The molecule has 0 saturated carbocycles. The van der Waals surface area contributed by atoms with E-state index in [1.54, 1.807) is 19.0 Å². The molecule has 21 heavy (non-hydrogen) atoms. The molecule has 0 saturated heterocycles. The van der Waals surface area contributed by atoms with Crippen molar-refractivity contribution in [3.05, 3.63) is 58.0 Å². The van der Waals surface area contributed by atoms with Gasteiger partial charge in [-0.15, -0.1) is 0 Å². The van der Waals surface area contributed by atoms with E-state index in [1.165, 1.54) is 24.4 Å². The summed E-state index contributed by atoms with van der Waals surface area (Å²) in [6, 6.07) is 4.32. The molecule has 2 rings (SSSR count).